The Bertz CT molecular complexity index is 886. The number of hydrogen-bond donors (Lipinski definition) is 2. The molecule has 25 heavy (non-hydrogen) atoms. The van der Waals surface area contributed by atoms with Gasteiger partial charge in [0.1, 0.15) is 12.4 Å². The van der Waals surface area contributed by atoms with Crippen LogP contribution in [0.1, 0.15) is 16.1 Å². The average molecular weight is 408 g/mol. The molecule has 136 valence electrons. The van der Waals surface area contributed by atoms with Gasteiger partial charge in [-0.05, 0) is 18.6 Å². The number of rotatable bonds is 7. The lowest BCUT2D eigenvalue weighted by atomic mass is 10.1. The zero-order chi connectivity index (χ0) is 18.6. The standard InChI is InChI=1S/C14H15ClFN3O4S2/c1-8-11(6-9-4-3-5-10(15)13(9)16)24-14(18-8)19-12(20)7-23-25(21,22)17-2/h3-5,17H,6-7H2,1-2H3,(H,18,19,20). The molecule has 1 aromatic heterocycles. The third kappa shape index (κ3) is 5.44. The number of anilines is 1. The Labute approximate surface area is 153 Å². The van der Waals surface area contributed by atoms with Crippen molar-refractivity contribution in [1.29, 1.82) is 0 Å². The highest BCUT2D eigenvalue weighted by Crippen LogP contribution is 2.27. The fourth-order valence-corrected chi connectivity index (χ4v) is 3.42. The number of benzene rings is 1. The predicted molar refractivity (Wildman–Crippen MR) is 93.6 cm³/mol. The number of aryl methyl sites for hydroxylation is 1. The van der Waals surface area contributed by atoms with Crippen molar-refractivity contribution in [3.63, 3.8) is 0 Å². The second kappa shape index (κ2) is 8.19. The molecule has 2 aromatic rings. The molecule has 0 spiro atoms. The van der Waals surface area contributed by atoms with Crippen molar-refractivity contribution in [2.24, 2.45) is 0 Å². The van der Waals surface area contributed by atoms with E-state index < -0.39 is 28.6 Å². The van der Waals surface area contributed by atoms with E-state index in [1.165, 1.54) is 13.1 Å². The first-order valence-corrected chi connectivity index (χ1v) is 9.59. The molecule has 2 rings (SSSR count). The number of nitrogens with one attached hydrogen (secondary N) is 2. The molecular weight excluding hydrogens is 393 g/mol. The Hall–Kier alpha value is -1.59. The molecule has 1 amide bonds. The van der Waals surface area contributed by atoms with Gasteiger partial charge in [0.15, 0.2) is 5.13 Å². The highest BCUT2D eigenvalue weighted by molar-refractivity contribution is 7.84. The quantitative estimate of drug-likeness (QED) is 0.733. The fourth-order valence-electron chi connectivity index (χ4n) is 1.85. The van der Waals surface area contributed by atoms with Crippen molar-refractivity contribution in [1.82, 2.24) is 9.71 Å². The van der Waals surface area contributed by atoms with Crippen LogP contribution in [0.2, 0.25) is 5.02 Å². The summed E-state index contributed by atoms with van der Waals surface area (Å²) >= 11 is 6.93. The number of hydrogen-bond acceptors (Lipinski definition) is 6. The number of aromatic nitrogens is 1. The number of carbonyl (C=O) groups excluding carboxylic acids is 1. The summed E-state index contributed by atoms with van der Waals surface area (Å²) in [7, 11) is -2.78. The van der Waals surface area contributed by atoms with Gasteiger partial charge in [0.05, 0.1) is 10.7 Å². The first-order valence-electron chi connectivity index (χ1n) is 6.99. The Kier molecular flexibility index (Phi) is 6.47. The second-order valence-corrected chi connectivity index (χ2v) is 7.93. The molecule has 0 fully saturated rings. The average Bonchev–Trinajstić information content (AvgIpc) is 2.89. The zero-order valence-corrected chi connectivity index (χ0v) is 15.7. The molecule has 0 radical (unpaired) electrons. The molecule has 0 aliphatic carbocycles. The van der Waals surface area contributed by atoms with E-state index in [9.17, 15) is 17.6 Å². The van der Waals surface area contributed by atoms with Crippen LogP contribution >= 0.6 is 22.9 Å². The van der Waals surface area contributed by atoms with Crippen molar-refractivity contribution in [2.75, 3.05) is 19.0 Å². The van der Waals surface area contributed by atoms with E-state index in [-0.39, 0.29) is 16.6 Å². The van der Waals surface area contributed by atoms with E-state index in [0.29, 0.717) is 11.3 Å². The maximum atomic E-state index is 14.0. The summed E-state index contributed by atoms with van der Waals surface area (Å²) < 4.78 is 42.6. The molecule has 0 saturated carbocycles. The van der Waals surface area contributed by atoms with Gasteiger partial charge in [-0.2, -0.15) is 13.1 Å². The first kappa shape index (κ1) is 19.7. The van der Waals surface area contributed by atoms with Crippen LogP contribution in [-0.2, 0) is 25.7 Å². The third-order valence-electron chi connectivity index (χ3n) is 3.12. The van der Waals surface area contributed by atoms with Crippen LogP contribution in [0.15, 0.2) is 18.2 Å². The molecule has 0 unspecified atom stereocenters. The van der Waals surface area contributed by atoms with Gasteiger partial charge in [0.25, 0.3) is 5.91 Å². The van der Waals surface area contributed by atoms with Crippen molar-refractivity contribution in [3.8, 4) is 0 Å². The molecule has 0 aliphatic rings. The molecule has 0 bridgehead atoms. The minimum absolute atomic E-state index is 0.0380. The van der Waals surface area contributed by atoms with Crippen LogP contribution in [0.3, 0.4) is 0 Å². The molecule has 0 saturated heterocycles. The molecule has 2 N–H and O–H groups in total. The van der Waals surface area contributed by atoms with Crippen LogP contribution in [0.25, 0.3) is 0 Å². The Morgan fingerprint density at radius 3 is 2.84 bits per heavy atom. The summed E-state index contributed by atoms with van der Waals surface area (Å²) in [5.74, 6) is -1.17. The van der Waals surface area contributed by atoms with Gasteiger partial charge in [-0.3, -0.25) is 10.1 Å². The van der Waals surface area contributed by atoms with E-state index in [1.807, 2.05) is 4.72 Å². The molecule has 11 heteroatoms. The van der Waals surface area contributed by atoms with E-state index in [0.717, 1.165) is 16.2 Å². The highest BCUT2D eigenvalue weighted by Gasteiger charge is 2.15. The van der Waals surface area contributed by atoms with Gasteiger partial charge in [-0.1, -0.05) is 23.7 Å². The summed E-state index contributed by atoms with van der Waals surface area (Å²) in [6.07, 6.45) is 0.274. The number of thiazole rings is 1. The van der Waals surface area contributed by atoms with E-state index >= 15 is 0 Å². The Morgan fingerprint density at radius 1 is 1.44 bits per heavy atom. The van der Waals surface area contributed by atoms with Gasteiger partial charge in [0.2, 0.25) is 0 Å². The lowest BCUT2D eigenvalue weighted by molar-refractivity contribution is -0.118. The summed E-state index contributed by atoms with van der Waals surface area (Å²) in [6.45, 7) is 1.05. The number of carbonyl (C=O) groups is 1. The topological polar surface area (TPSA) is 97.4 Å². The second-order valence-electron chi connectivity index (χ2n) is 4.89. The lowest BCUT2D eigenvalue weighted by Gasteiger charge is -2.03. The largest absolute Gasteiger partial charge is 0.336 e. The lowest BCUT2D eigenvalue weighted by Crippen LogP contribution is -2.27. The monoisotopic (exact) mass is 407 g/mol. The van der Waals surface area contributed by atoms with Crippen molar-refractivity contribution in [3.05, 3.63) is 45.2 Å². The van der Waals surface area contributed by atoms with Gasteiger partial charge in [-0.25, -0.2) is 13.6 Å². The first-order chi connectivity index (χ1) is 11.7. The zero-order valence-electron chi connectivity index (χ0n) is 13.3. The minimum atomic E-state index is -3.94. The van der Waals surface area contributed by atoms with Gasteiger partial charge in [0, 0.05) is 18.3 Å². The van der Waals surface area contributed by atoms with E-state index in [2.05, 4.69) is 14.5 Å². The Balaban J connectivity index is 2.04. The summed E-state index contributed by atoms with van der Waals surface area (Å²) in [4.78, 5) is 16.6. The van der Waals surface area contributed by atoms with Crippen LogP contribution in [-0.4, -0.2) is 33.0 Å². The van der Waals surface area contributed by atoms with Crippen LogP contribution in [0.4, 0.5) is 9.52 Å². The normalized spacial score (nSPS) is 11.5. The van der Waals surface area contributed by atoms with Gasteiger partial charge in [-0.15, -0.1) is 11.3 Å². The van der Waals surface area contributed by atoms with Crippen molar-refractivity contribution in [2.45, 2.75) is 13.3 Å². The van der Waals surface area contributed by atoms with Crippen molar-refractivity contribution < 1.29 is 21.8 Å². The van der Waals surface area contributed by atoms with E-state index in [4.69, 9.17) is 11.6 Å². The number of amides is 1. The fraction of sp³-hybridized carbons (Fsp3) is 0.286. The molecule has 1 aromatic carbocycles. The maximum absolute atomic E-state index is 14.0. The van der Waals surface area contributed by atoms with Crippen molar-refractivity contribution >= 4 is 44.3 Å². The van der Waals surface area contributed by atoms with E-state index in [1.54, 1.807) is 19.1 Å². The Morgan fingerprint density at radius 2 is 2.16 bits per heavy atom. The molecule has 0 atom stereocenters. The number of nitrogens with zero attached hydrogens (tertiary/aromatic N) is 1. The smallest absolute Gasteiger partial charge is 0.300 e. The minimum Gasteiger partial charge on any atom is -0.300 e. The summed E-state index contributed by atoms with van der Waals surface area (Å²) in [6, 6.07) is 4.74. The molecule has 0 aliphatic heterocycles. The molecule has 7 nitrogen and oxygen atoms in total. The number of halogens is 2. The van der Waals surface area contributed by atoms with Gasteiger partial charge >= 0.3 is 10.3 Å². The summed E-state index contributed by atoms with van der Waals surface area (Å²) in [5.41, 5.74) is 1.05. The summed E-state index contributed by atoms with van der Waals surface area (Å²) in [5, 5.41) is 2.75. The molecule has 1 heterocycles. The van der Waals surface area contributed by atoms with Gasteiger partial charge < -0.3 is 0 Å². The predicted octanol–water partition coefficient (Wildman–Crippen LogP) is 2.25. The SMILES string of the molecule is CNS(=O)(=O)OCC(=O)Nc1nc(C)c(Cc2cccc(Cl)c2F)s1. The maximum Gasteiger partial charge on any atom is 0.336 e. The van der Waals surface area contributed by atoms with Crippen LogP contribution < -0.4 is 10.0 Å². The third-order valence-corrected chi connectivity index (χ3v) is 5.41. The highest BCUT2D eigenvalue weighted by atomic mass is 35.5. The van der Waals surface area contributed by atoms with Crippen LogP contribution in [0, 0.1) is 12.7 Å². The van der Waals surface area contributed by atoms with Crippen LogP contribution in [0.5, 0.6) is 0 Å². The molecular formula is C14H15ClFN3O4S2.